The molecule has 5 nitrogen and oxygen atoms in total. The summed E-state index contributed by atoms with van der Waals surface area (Å²) in [4.78, 5) is 24.3. The first-order valence-electron chi connectivity index (χ1n) is 4.25. The lowest BCUT2D eigenvalue weighted by Gasteiger charge is -2.00. The third-order valence-electron chi connectivity index (χ3n) is 1.70. The zero-order valence-electron chi connectivity index (χ0n) is 7.83. The number of aromatic nitrogens is 1. The van der Waals surface area contributed by atoms with Crippen LogP contribution in [0.2, 0.25) is 0 Å². The fourth-order valence-corrected chi connectivity index (χ4v) is 1.01. The maximum Gasteiger partial charge on any atom is 0.305 e. The summed E-state index contributed by atoms with van der Waals surface area (Å²) in [6.07, 6.45) is -0.0641. The number of rotatable bonds is 4. The number of aliphatic carboxylic acids is 1. The van der Waals surface area contributed by atoms with Gasteiger partial charge in [-0.15, -0.1) is 0 Å². The topological polar surface area (TPSA) is 82.2 Å². The normalized spacial score (nSPS) is 9.79. The van der Waals surface area contributed by atoms with Crippen molar-refractivity contribution in [1.29, 1.82) is 0 Å². The first-order valence-corrected chi connectivity index (χ1v) is 4.25. The minimum Gasteiger partial charge on any atom is -0.481 e. The van der Waals surface area contributed by atoms with Gasteiger partial charge in [0.1, 0.15) is 5.69 Å². The molecule has 0 fully saturated rings. The van der Waals surface area contributed by atoms with Crippen LogP contribution in [-0.2, 0) is 4.79 Å². The smallest absolute Gasteiger partial charge is 0.305 e. The van der Waals surface area contributed by atoms with Crippen LogP contribution in [0.5, 0.6) is 0 Å². The number of carbonyl (C=O) groups is 2. The van der Waals surface area contributed by atoms with Gasteiger partial charge in [0, 0.05) is 12.2 Å². The van der Waals surface area contributed by atoms with Crippen molar-refractivity contribution in [2.24, 2.45) is 0 Å². The molecule has 0 bridgehead atoms. The molecule has 0 aliphatic carbocycles. The molecule has 3 N–H and O–H groups in total. The molecule has 0 aromatic carbocycles. The fraction of sp³-hybridized carbons (Fsp3) is 0.333. The summed E-state index contributed by atoms with van der Waals surface area (Å²) < 4.78 is 0. The average Bonchev–Trinajstić information content (AvgIpc) is 2.51. The van der Waals surface area contributed by atoms with Gasteiger partial charge in [-0.25, -0.2) is 0 Å². The number of aryl methyl sites for hydroxylation is 1. The highest BCUT2D eigenvalue weighted by Crippen LogP contribution is 1.99. The van der Waals surface area contributed by atoms with Crippen molar-refractivity contribution in [2.45, 2.75) is 13.3 Å². The number of carbonyl (C=O) groups excluding carboxylic acids is 1. The zero-order valence-corrected chi connectivity index (χ0v) is 7.83. The van der Waals surface area contributed by atoms with E-state index in [0.717, 1.165) is 5.69 Å². The van der Waals surface area contributed by atoms with E-state index in [1.54, 1.807) is 12.1 Å². The third kappa shape index (κ3) is 2.93. The number of aromatic amines is 1. The Hall–Kier alpha value is -1.78. The van der Waals surface area contributed by atoms with Crippen molar-refractivity contribution in [1.82, 2.24) is 10.3 Å². The highest BCUT2D eigenvalue weighted by atomic mass is 16.4. The largest absolute Gasteiger partial charge is 0.481 e. The van der Waals surface area contributed by atoms with Gasteiger partial charge < -0.3 is 15.4 Å². The van der Waals surface area contributed by atoms with Gasteiger partial charge >= 0.3 is 5.97 Å². The summed E-state index contributed by atoms with van der Waals surface area (Å²) in [5, 5.41) is 10.8. The number of hydrogen-bond acceptors (Lipinski definition) is 2. The molecular formula is C9H12N2O3. The van der Waals surface area contributed by atoms with Gasteiger partial charge in [0.2, 0.25) is 0 Å². The van der Waals surface area contributed by atoms with Crippen LogP contribution in [0, 0.1) is 6.92 Å². The molecule has 0 saturated carbocycles. The molecule has 0 unspecified atom stereocenters. The van der Waals surface area contributed by atoms with Crippen molar-refractivity contribution >= 4 is 11.9 Å². The van der Waals surface area contributed by atoms with Crippen molar-refractivity contribution in [3.8, 4) is 0 Å². The molecule has 0 atom stereocenters. The van der Waals surface area contributed by atoms with Crippen LogP contribution >= 0.6 is 0 Å². The van der Waals surface area contributed by atoms with Crippen LogP contribution in [-0.4, -0.2) is 28.5 Å². The zero-order chi connectivity index (χ0) is 10.6. The number of carboxylic acid groups (broad SMARTS) is 1. The van der Waals surface area contributed by atoms with E-state index in [1.165, 1.54) is 0 Å². The predicted octanol–water partition coefficient (Wildman–Crippen LogP) is 0.528. The van der Waals surface area contributed by atoms with Gasteiger partial charge in [0.25, 0.3) is 5.91 Å². The maximum atomic E-state index is 11.3. The van der Waals surface area contributed by atoms with E-state index in [-0.39, 0.29) is 18.9 Å². The molecule has 0 radical (unpaired) electrons. The van der Waals surface area contributed by atoms with Gasteiger partial charge in [-0.3, -0.25) is 9.59 Å². The molecule has 0 aliphatic heterocycles. The van der Waals surface area contributed by atoms with Gasteiger partial charge in [-0.05, 0) is 19.1 Å². The lowest BCUT2D eigenvalue weighted by atomic mass is 10.4. The van der Waals surface area contributed by atoms with Crippen molar-refractivity contribution in [3.63, 3.8) is 0 Å². The molecule has 1 aromatic rings. The summed E-state index contributed by atoms with van der Waals surface area (Å²) >= 11 is 0. The first-order chi connectivity index (χ1) is 6.59. The summed E-state index contributed by atoms with van der Waals surface area (Å²) in [5.41, 5.74) is 1.35. The quantitative estimate of drug-likeness (QED) is 0.656. The van der Waals surface area contributed by atoms with E-state index < -0.39 is 5.97 Å². The van der Waals surface area contributed by atoms with E-state index in [2.05, 4.69) is 10.3 Å². The van der Waals surface area contributed by atoms with E-state index in [0.29, 0.717) is 5.69 Å². The molecule has 1 amide bonds. The molecule has 0 aliphatic rings. The van der Waals surface area contributed by atoms with Crippen LogP contribution < -0.4 is 5.32 Å². The Bertz CT molecular complexity index is 344. The molecule has 0 spiro atoms. The number of hydrogen-bond donors (Lipinski definition) is 3. The minimum absolute atomic E-state index is 0.0641. The van der Waals surface area contributed by atoms with Gasteiger partial charge in [0.05, 0.1) is 6.42 Å². The highest BCUT2D eigenvalue weighted by Gasteiger charge is 2.06. The van der Waals surface area contributed by atoms with Crippen molar-refractivity contribution in [3.05, 3.63) is 23.5 Å². The standard InChI is InChI=1S/C9H12N2O3/c1-6-2-3-7(11-6)9(14)10-5-4-8(12)13/h2-3,11H,4-5H2,1H3,(H,10,14)(H,12,13). The SMILES string of the molecule is Cc1ccc(C(=O)NCCC(=O)O)[nH]1. The Morgan fingerprint density at radius 3 is 2.71 bits per heavy atom. The van der Waals surface area contributed by atoms with E-state index in [4.69, 9.17) is 5.11 Å². The van der Waals surface area contributed by atoms with Crippen LogP contribution in [0.25, 0.3) is 0 Å². The Balaban J connectivity index is 2.39. The van der Waals surface area contributed by atoms with Crippen LogP contribution in [0.1, 0.15) is 22.6 Å². The highest BCUT2D eigenvalue weighted by molar-refractivity contribution is 5.92. The molecule has 14 heavy (non-hydrogen) atoms. The monoisotopic (exact) mass is 196 g/mol. The Labute approximate surface area is 81.1 Å². The molecule has 0 saturated heterocycles. The van der Waals surface area contributed by atoms with Crippen LogP contribution in [0.4, 0.5) is 0 Å². The molecule has 76 valence electrons. The molecule has 5 heteroatoms. The second kappa shape index (κ2) is 4.45. The Morgan fingerprint density at radius 1 is 1.50 bits per heavy atom. The number of H-pyrrole nitrogens is 1. The van der Waals surface area contributed by atoms with E-state index in [1.807, 2.05) is 6.92 Å². The summed E-state index contributed by atoms with van der Waals surface area (Å²) in [7, 11) is 0. The first kappa shape index (κ1) is 10.3. The molecular weight excluding hydrogens is 184 g/mol. The van der Waals surface area contributed by atoms with Crippen molar-refractivity contribution in [2.75, 3.05) is 6.54 Å². The third-order valence-corrected chi connectivity index (χ3v) is 1.70. The minimum atomic E-state index is -0.923. The van der Waals surface area contributed by atoms with Crippen LogP contribution in [0.15, 0.2) is 12.1 Å². The summed E-state index contributed by atoms with van der Waals surface area (Å²) in [6, 6.07) is 3.44. The number of amides is 1. The van der Waals surface area contributed by atoms with E-state index >= 15 is 0 Å². The van der Waals surface area contributed by atoms with E-state index in [9.17, 15) is 9.59 Å². The van der Waals surface area contributed by atoms with Crippen LogP contribution in [0.3, 0.4) is 0 Å². The molecule has 1 heterocycles. The Kier molecular flexibility index (Phi) is 3.28. The number of carboxylic acids is 1. The lowest BCUT2D eigenvalue weighted by Crippen LogP contribution is -2.26. The van der Waals surface area contributed by atoms with Gasteiger partial charge in [-0.1, -0.05) is 0 Å². The fourth-order valence-electron chi connectivity index (χ4n) is 1.01. The number of nitrogens with one attached hydrogen (secondary N) is 2. The molecule has 1 aromatic heterocycles. The summed E-state index contributed by atoms with van der Waals surface area (Å²) in [5.74, 6) is -1.20. The second-order valence-electron chi connectivity index (χ2n) is 2.95. The van der Waals surface area contributed by atoms with Gasteiger partial charge in [0.15, 0.2) is 0 Å². The average molecular weight is 196 g/mol. The Morgan fingerprint density at radius 2 is 2.21 bits per heavy atom. The van der Waals surface area contributed by atoms with Crippen molar-refractivity contribution < 1.29 is 14.7 Å². The van der Waals surface area contributed by atoms with Gasteiger partial charge in [-0.2, -0.15) is 0 Å². The lowest BCUT2D eigenvalue weighted by molar-refractivity contribution is -0.136. The summed E-state index contributed by atoms with van der Waals surface area (Å²) in [6.45, 7) is 1.99. The predicted molar refractivity (Wildman–Crippen MR) is 50.1 cm³/mol. The molecule has 1 rings (SSSR count). The maximum absolute atomic E-state index is 11.3. The second-order valence-corrected chi connectivity index (χ2v) is 2.95.